The number of aryl methyl sites for hydroxylation is 1. The highest BCUT2D eigenvalue weighted by atomic mass is 14.7. The van der Waals surface area contributed by atoms with Crippen LogP contribution in [0.15, 0.2) is 12.3 Å². The number of benzene rings is 1. The van der Waals surface area contributed by atoms with Crippen LogP contribution in [0.5, 0.6) is 0 Å². The fourth-order valence-electron chi connectivity index (χ4n) is 3.10. The third-order valence-corrected chi connectivity index (χ3v) is 4.54. The van der Waals surface area contributed by atoms with Crippen LogP contribution in [0.1, 0.15) is 39.1 Å². The quantitative estimate of drug-likeness (QED) is 0.571. The topological polar surface area (TPSA) is 12.9 Å². The highest BCUT2D eigenvalue weighted by molar-refractivity contribution is 5.81. The maximum Gasteiger partial charge on any atom is 0.0526 e. The van der Waals surface area contributed by atoms with E-state index in [0.29, 0.717) is 0 Å². The zero-order chi connectivity index (χ0) is 13.0. The monoisotopic (exact) mass is 237 g/mol. The fraction of sp³-hybridized carbons (Fsp3) is 0.353. The van der Waals surface area contributed by atoms with Gasteiger partial charge in [-0.2, -0.15) is 0 Å². The van der Waals surface area contributed by atoms with Gasteiger partial charge >= 0.3 is 0 Å². The minimum Gasteiger partial charge on any atom is -0.260 e. The Balaban J connectivity index is 2.40. The molecule has 0 radical (unpaired) electrons. The number of rotatable bonds is 0. The summed E-state index contributed by atoms with van der Waals surface area (Å²) in [6, 6.07) is 2.29. The summed E-state index contributed by atoms with van der Waals surface area (Å²) in [6.07, 6.45) is 2.98. The summed E-state index contributed by atoms with van der Waals surface area (Å²) in [5.41, 5.74) is 12.5. The lowest BCUT2D eigenvalue weighted by Gasteiger charge is -2.16. The predicted octanol–water partition coefficient (Wildman–Crippen LogP) is 4.19. The Morgan fingerprint density at radius 2 is 1.56 bits per heavy atom. The molecule has 1 aliphatic carbocycles. The third kappa shape index (κ3) is 1.37. The van der Waals surface area contributed by atoms with Gasteiger partial charge in [-0.3, -0.25) is 4.98 Å². The Hall–Kier alpha value is -1.63. The lowest BCUT2D eigenvalue weighted by molar-refractivity contribution is 1.08. The van der Waals surface area contributed by atoms with E-state index in [1.165, 1.54) is 50.2 Å². The molecule has 1 aromatic carbocycles. The van der Waals surface area contributed by atoms with Crippen LogP contribution < -0.4 is 0 Å². The van der Waals surface area contributed by atoms with Gasteiger partial charge in [-0.05, 0) is 79.6 Å². The van der Waals surface area contributed by atoms with E-state index in [1.807, 2.05) is 6.20 Å². The molecule has 0 amide bonds. The average molecular weight is 237 g/mol. The molecule has 0 N–H and O–H groups in total. The van der Waals surface area contributed by atoms with E-state index in [9.17, 15) is 0 Å². The smallest absolute Gasteiger partial charge is 0.0526 e. The molecule has 0 saturated heterocycles. The van der Waals surface area contributed by atoms with Crippen LogP contribution in [0, 0.1) is 34.6 Å². The second-order valence-corrected chi connectivity index (χ2v) is 5.54. The van der Waals surface area contributed by atoms with Gasteiger partial charge in [0, 0.05) is 18.2 Å². The highest BCUT2D eigenvalue weighted by Crippen LogP contribution is 2.42. The number of fused-ring (bicyclic) bond motifs is 3. The first kappa shape index (κ1) is 11.5. The summed E-state index contributed by atoms with van der Waals surface area (Å²) in [4.78, 5) is 4.62. The van der Waals surface area contributed by atoms with Crippen LogP contribution in [0.2, 0.25) is 0 Å². The number of aromatic nitrogens is 1. The molecule has 3 rings (SSSR count). The highest BCUT2D eigenvalue weighted by Gasteiger charge is 2.25. The SMILES string of the molecule is Cc1cnc2c(c1)-c1c(C)c(C)c(C)c(C)c1C2. The van der Waals surface area contributed by atoms with Crippen molar-refractivity contribution >= 4 is 0 Å². The van der Waals surface area contributed by atoms with Crippen molar-refractivity contribution < 1.29 is 0 Å². The molecule has 0 fully saturated rings. The molecule has 1 aromatic heterocycles. The summed E-state index contributed by atoms with van der Waals surface area (Å²) in [5, 5.41) is 0. The molecule has 0 unspecified atom stereocenters. The van der Waals surface area contributed by atoms with Crippen LogP contribution in [0.4, 0.5) is 0 Å². The molecule has 0 atom stereocenters. The summed E-state index contributed by atoms with van der Waals surface area (Å²) < 4.78 is 0. The summed E-state index contributed by atoms with van der Waals surface area (Å²) >= 11 is 0. The molecule has 1 nitrogen and oxygen atoms in total. The lowest BCUT2D eigenvalue weighted by Crippen LogP contribution is -1.98. The van der Waals surface area contributed by atoms with Gasteiger partial charge < -0.3 is 0 Å². The lowest BCUT2D eigenvalue weighted by atomic mass is 9.89. The van der Waals surface area contributed by atoms with E-state index in [-0.39, 0.29) is 0 Å². The van der Waals surface area contributed by atoms with E-state index >= 15 is 0 Å². The van der Waals surface area contributed by atoms with Gasteiger partial charge in [0.15, 0.2) is 0 Å². The van der Waals surface area contributed by atoms with Crippen LogP contribution in [-0.4, -0.2) is 4.98 Å². The molecular weight excluding hydrogens is 218 g/mol. The Morgan fingerprint density at radius 3 is 2.28 bits per heavy atom. The first-order valence-electron chi connectivity index (χ1n) is 6.55. The molecule has 2 aromatic rings. The predicted molar refractivity (Wildman–Crippen MR) is 76.2 cm³/mol. The molecule has 18 heavy (non-hydrogen) atoms. The van der Waals surface area contributed by atoms with Crippen molar-refractivity contribution in [3.05, 3.63) is 51.3 Å². The van der Waals surface area contributed by atoms with Crippen molar-refractivity contribution in [1.82, 2.24) is 4.98 Å². The van der Waals surface area contributed by atoms with Gasteiger partial charge in [-0.25, -0.2) is 0 Å². The van der Waals surface area contributed by atoms with Gasteiger partial charge in [0.05, 0.1) is 5.69 Å². The Morgan fingerprint density at radius 1 is 0.889 bits per heavy atom. The van der Waals surface area contributed by atoms with E-state index in [2.05, 4.69) is 45.7 Å². The minimum atomic E-state index is 0.999. The fourth-order valence-corrected chi connectivity index (χ4v) is 3.10. The van der Waals surface area contributed by atoms with Gasteiger partial charge in [0.25, 0.3) is 0 Å². The zero-order valence-electron chi connectivity index (χ0n) is 11.8. The van der Waals surface area contributed by atoms with Crippen molar-refractivity contribution in [2.75, 3.05) is 0 Å². The molecular formula is C17H19N. The van der Waals surface area contributed by atoms with Crippen LogP contribution in [-0.2, 0) is 6.42 Å². The van der Waals surface area contributed by atoms with Crippen molar-refractivity contribution in [2.45, 2.75) is 41.0 Å². The maximum atomic E-state index is 4.62. The number of hydrogen-bond donors (Lipinski definition) is 0. The first-order chi connectivity index (χ1) is 8.50. The van der Waals surface area contributed by atoms with Crippen LogP contribution in [0.3, 0.4) is 0 Å². The zero-order valence-corrected chi connectivity index (χ0v) is 11.8. The summed E-state index contributed by atoms with van der Waals surface area (Å²) in [6.45, 7) is 11.1. The second kappa shape index (κ2) is 3.68. The van der Waals surface area contributed by atoms with Crippen molar-refractivity contribution in [2.24, 2.45) is 0 Å². The van der Waals surface area contributed by atoms with E-state index < -0.39 is 0 Å². The molecule has 0 bridgehead atoms. The molecule has 92 valence electrons. The summed E-state index contributed by atoms with van der Waals surface area (Å²) in [5.74, 6) is 0. The van der Waals surface area contributed by atoms with Gasteiger partial charge in [-0.15, -0.1) is 0 Å². The second-order valence-electron chi connectivity index (χ2n) is 5.54. The third-order valence-electron chi connectivity index (χ3n) is 4.54. The van der Waals surface area contributed by atoms with E-state index in [4.69, 9.17) is 0 Å². The summed E-state index contributed by atoms with van der Waals surface area (Å²) in [7, 11) is 0. The molecule has 0 spiro atoms. The Kier molecular flexibility index (Phi) is 2.34. The molecule has 0 aliphatic heterocycles. The largest absolute Gasteiger partial charge is 0.260 e. The minimum absolute atomic E-state index is 0.999. The normalized spacial score (nSPS) is 12.5. The first-order valence-corrected chi connectivity index (χ1v) is 6.55. The average Bonchev–Trinajstić information content (AvgIpc) is 2.72. The number of hydrogen-bond acceptors (Lipinski definition) is 1. The molecule has 1 heterocycles. The molecule has 1 heteroatoms. The van der Waals surface area contributed by atoms with Crippen molar-refractivity contribution in [3.63, 3.8) is 0 Å². The van der Waals surface area contributed by atoms with Crippen LogP contribution in [0.25, 0.3) is 11.1 Å². The van der Waals surface area contributed by atoms with E-state index in [1.54, 1.807) is 0 Å². The Bertz CT molecular complexity index is 666. The molecule has 0 saturated carbocycles. The van der Waals surface area contributed by atoms with Crippen molar-refractivity contribution in [3.8, 4) is 11.1 Å². The number of nitrogens with zero attached hydrogens (tertiary/aromatic N) is 1. The van der Waals surface area contributed by atoms with Crippen LogP contribution >= 0.6 is 0 Å². The van der Waals surface area contributed by atoms with E-state index in [0.717, 1.165) is 6.42 Å². The van der Waals surface area contributed by atoms with Gasteiger partial charge in [-0.1, -0.05) is 0 Å². The number of pyridine rings is 1. The Labute approximate surface area is 109 Å². The van der Waals surface area contributed by atoms with Gasteiger partial charge in [0.1, 0.15) is 0 Å². The van der Waals surface area contributed by atoms with Crippen molar-refractivity contribution in [1.29, 1.82) is 0 Å². The standard InChI is InChI=1S/C17H19N/c1-9-6-15-16(18-8-9)7-14-12(4)10(2)11(3)13(5)17(14)15/h6,8H,7H2,1-5H3. The van der Waals surface area contributed by atoms with Gasteiger partial charge in [0.2, 0.25) is 0 Å². The molecule has 1 aliphatic rings. The maximum absolute atomic E-state index is 4.62.